The number of carbonyl (C=O) groups is 1. The van der Waals surface area contributed by atoms with Gasteiger partial charge < -0.3 is 10.6 Å². The summed E-state index contributed by atoms with van der Waals surface area (Å²) in [6.07, 6.45) is 2.92. The van der Waals surface area contributed by atoms with E-state index in [1.165, 1.54) is 12.8 Å². The molecule has 0 bridgehead atoms. The molecule has 0 saturated carbocycles. The van der Waals surface area contributed by atoms with Crippen LogP contribution in [0.1, 0.15) is 18.4 Å². The molecule has 0 aromatic carbocycles. The fourth-order valence-electron chi connectivity index (χ4n) is 1.81. The van der Waals surface area contributed by atoms with Crippen molar-refractivity contribution in [3.05, 3.63) is 22.4 Å². The molecule has 1 saturated heterocycles. The van der Waals surface area contributed by atoms with Crippen LogP contribution in [0.2, 0.25) is 0 Å². The van der Waals surface area contributed by atoms with Crippen molar-refractivity contribution in [3.63, 3.8) is 0 Å². The summed E-state index contributed by atoms with van der Waals surface area (Å²) < 4.78 is 0. The van der Waals surface area contributed by atoms with E-state index in [4.69, 9.17) is 0 Å². The maximum absolute atomic E-state index is 11.5. The summed E-state index contributed by atoms with van der Waals surface area (Å²) in [6.45, 7) is 1.86. The van der Waals surface area contributed by atoms with Crippen LogP contribution in [0.4, 0.5) is 0 Å². The van der Waals surface area contributed by atoms with Gasteiger partial charge in [0.15, 0.2) is 0 Å². The number of hydrogen-bond acceptors (Lipinski definition) is 3. The zero-order valence-corrected chi connectivity index (χ0v) is 9.48. The molecule has 1 aliphatic rings. The van der Waals surface area contributed by atoms with Crippen LogP contribution in [0.3, 0.4) is 0 Å². The van der Waals surface area contributed by atoms with Gasteiger partial charge in [-0.25, -0.2) is 0 Å². The number of hydrogen-bond donors (Lipinski definition) is 2. The van der Waals surface area contributed by atoms with Crippen molar-refractivity contribution in [2.75, 3.05) is 13.1 Å². The molecular formula is C11H16N2OS. The van der Waals surface area contributed by atoms with Crippen LogP contribution in [-0.2, 0) is 11.2 Å². The molecule has 2 heterocycles. The number of rotatable bonds is 4. The predicted molar refractivity (Wildman–Crippen MR) is 62.1 cm³/mol. The van der Waals surface area contributed by atoms with Crippen molar-refractivity contribution in [1.29, 1.82) is 0 Å². The van der Waals surface area contributed by atoms with E-state index >= 15 is 0 Å². The Morgan fingerprint density at radius 3 is 3.27 bits per heavy atom. The molecule has 3 nitrogen and oxygen atoms in total. The standard InChI is InChI=1S/C11H16N2OS/c14-11(6-9-3-5-15-8-9)13-7-10-2-1-4-12-10/h3,5,8,10,12H,1-2,4,6-7H2,(H,13,14)/t10-/m1/s1. The minimum Gasteiger partial charge on any atom is -0.354 e. The lowest BCUT2D eigenvalue weighted by atomic mass is 10.2. The first-order valence-electron chi connectivity index (χ1n) is 5.36. The fraction of sp³-hybridized carbons (Fsp3) is 0.545. The van der Waals surface area contributed by atoms with E-state index in [9.17, 15) is 4.79 Å². The van der Waals surface area contributed by atoms with Crippen LogP contribution < -0.4 is 10.6 Å². The molecule has 1 atom stereocenters. The molecule has 0 radical (unpaired) electrons. The monoisotopic (exact) mass is 224 g/mol. The highest BCUT2D eigenvalue weighted by Crippen LogP contribution is 2.07. The van der Waals surface area contributed by atoms with Crippen LogP contribution in [0.5, 0.6) is 0 Å². The quantitative estimate of drug-likeness (QED) is 0.806. The van der Waals surface area contributed by atoms with Gasteiger partial charge >= 0.3 is 0 Å². The summed E-state index contributed by atoms with van der Waals surface area (Å²) in [5.41, 5.74) is 1.11. The Hall–Kier alpha value is -0.870. The molecule has 0 unspecified atom stereocenters. The van der Waals surface area contributed by atoms with Gasteiger partial charge in [0.1, 0.15) is 0 Å². The van der Waals surface area contributed by atoms with Crippen molar-refractivity contribution in [1.82, 2.24) is 10.6 Å². The number of amides is 1. The average molecular weight is 224 g/mol. The number of nitrogens with one attached hydrogen (secondary N) is 2. The second-order valence-corrected chi connectivity index (χ2v) is 4.69. The first-order valence-corrected chi connectivity index (χ1v) is 6.30. The van der Waals surface area contributed by atoms with E-state index in [-0.39, 0.29) is 5.91 Å². The van der Waals surface area contributed by atoms with E-state index in [1.807, 2.05) is 16.8 Å². The van der Waals surface area contributed by atoms with E-state index in [1.54, 1.807) is 11.3 Å². The summed E-state index contributed by atoms with van der Waals surface area (Å²) in [6, 6.07) is 2.48. The van der Waals surface area contributed by atoms with Crippen molar-refractivity contribution >= 4 is 17.2 Å². The lowest BCUT2D eigenvalue weighted by molar-refractivity contribution is -0.120. The molecule has 1 aromatic heterocycles. The molecule has 0 spiro atoms. The zero-order chi connectivity index (χ0) is 10.5. The highest BCUT2D eigenvalue weighted by atomic mass is 32.1. The molecule has 1 aromatic rings. The maximum atomic E-state index is 11.5. The highest BCUT2D eigenvalue weighted by molar-refractivity contribution is 7.07. The summed E-state index contributed by atoms with van der Waals surface area (Å²) in [7, 11) is 0. The molecule has 1 aliphatic heterocycles. The van der Waals surface area contributed by atoms with Gasteiger partial charge in [-0.3, -0.25) is 4.79 Å². The molecular weight excluding hydrogens is 208 g/mol. The zero-order valence-electron chi connectivity index (χ0n) is 8.66. The Morgan fingerprint density at radius 2 is 2.60 bits per heavy atom. The molecule has 82 valence electrons. The van der Waals surface area contributed by atoms with Crippen molar-refractivity contribution in [3.8, 4) is 0 Å². The molecule has 2 rings (SSSR count). The van der Waals surface area contributed by atoms with Gasteiger partial charge in [-0.1, -0.05) is 0 Å². The molecule has 4 heteroatoms. The van der Waals surface area contributed by atoms with Crippen LogP contribution >= 0.6 is 11.3 Å². The van der Waals surface area contributed by atoms with Crippen LogP contribution in [-0.4, -0.2) is 25.0 Å². The van der Waals surface area contributed by atoms with Gasteiger partial charge in [0.05, 0.1) is 6.42 Å². The van der Waals surface area contributed by atoms with Gasteiger partial charge in [0.2, 0.25) is 5.91 Å². The minimum absolute atomic E-state index is 0.127. The molecule has 1 fully saturated rings. The van der Waals surface area contributed by atoms with Gasteiger partial charge in [0.25, 0.3) is 0 Å². The summed E-state index contributed by atoms with van der Waals surface area (Å²) in [5, 5.41) is 10.3. The molecule has 15 heavy (non-hydrogen) atoms. The van der Waals surface area contributed by atoms with Gasteiger partial charge in [-0.05, 0) is 41.8 Å². The topological polar surface area (TPSA) is 41.1 Å². The first kappa shape index (κ1) is 10.6. The second-order valence-electron chi connectivity index (χ2n) is 3.91. The lowest BCUT2D eigenvalue weighted by Crippen LogP contribution is -2.37. The first-order chi connectivity index (χ1) is 7.34. The van der Waals surface area contributed by atoms with E-state index in [0.29, 0.717) is 12.5 Å². The third-order valence-corrected chi connectivity index (χ3v) is 3.38. The van der Waals surface area contributed by atoms with E-state index in [0.717, 1.165) is 18.7 Å². The Morgan fingerprint density at radius 1 is 1.67 bits per heavy atom. The normalized spacial score (nSPS) is 20.4. The Kier molecular flexibility index (Phi) is 3.75. The summed E-state index contributed by atoms with van der Waals surface area (Å²) in [4.78, 5) is 11.5. The van der Waals surface area contributed by atoms with Crippen LogP contribution in [0.25, 0.3) is 0 Å². The van der Waals surface area contributed by atoms with Crippen molar-refractivity contribution < 1.29 is 4.79 Å². The third kappa shape index (κ3) is 3.32. The van der Waals surface area contributed by atoms with Crippen LogP contribution in [0.15, 0.2) is 16.8 Å². The Bertz CT molecular complexity index is 304. The van der Waals surface area contributed by atoms with E-state index in [2.05, 4.69) is 10.6 Å². The smallest absolute Gasteiger partial charge is 0.224 e. The van der Waals surface area contributed by atoms with Crippen LogP contribution in [0, 0.1) is 0 Å². The number of thiophene rings is 1. The van der Waals surface area contributed by atoms with Gasteiger partial charge in [0, 0.05) is 12.6 Å². The summed E-state index contributed by atoms with van der Waals surface area (Å²) >= 11 is 1.63. The SMILES string of the molecule is O=C(Cc1ccsc1)NC[C@H]1CCCN1. The number of carbonyl (C=O) groups excluding carboxylic acids is 1. The lowest BCUT2D eigenvalue weighted by Gasteiger charge is -2.10. The molecule has 0 aliphatic carbocycles. The largest absolute Gasteiger partial charge is 0.354 e. The van der Waals surface area contributed by atoms with Crippen molar-refractivity contribution in [2.45, 2.75) is 25.3 Å². The van der Waals surface area contributed by atoms with Gasteiger partial charge in [-0.2, -0.15) is 11.3 Å². The highest BCUT2D eigenvalue weighted by Gasteiger charge is 2.14. The second kappa shape index (κ2) is 5.28. The maximum Gasteiger partial charge on any atom is 0.224 e. The molecule has 2 N–H and O–H groups in total. The Balaban J connectivity index is 1.68. The predicted octanol–water partition coefficient (Wildman–Crippen LogP) is 1.16. The third-order valence-electron chi connectivity index (χ3n) is 2.65. The van der Waals surface area contributed by atoms with Gasteiger partial charge in [-0.15, -0.1) is 0 Å². The minimum atomic E-state index is 0.127. The summed E-state index contributed by atoms with van der Waals surface area (Å²) in [5.74, 6) is 0.127. The van der Waals surface area contributed by atoms with Crippen molar-refractivity contribution in [2.24, 2.45) is 0 Å². The average Bonchev–Trinajstić information content (AvgIpc) is 2.86. The fourth-order valence-corrected chi connectivity index (χ4v) is 2.48. The Labute approximate surface area is 93.9 Å². The van der Waals surface area contributed by atoms with E-state index < -0.39 is 0 Å². The molecule has 1 amide bonds.